The molecule has 0 aliphatic carbocycles. The van der Waals surface area contributed by atoms with Crippen LogP contribution in [0.2, 0.25) is 0 Å². The summed E-state index contributed by atoms with van der Waals surface area (Å²) in [6.45, 7) is 8.25. The topological polar surface area (TPSA) is 18.5 Å². The first-order valence-electron chi connectivity index (χ1n) is 8.66. The third kappa shape index (κ3) is 4.46. The lowest BCUT2D eigenvalue weighted by Gasteiger charge is -2.33. The van der Waals surface area contributed by atoms with Gasteiger partial charge in [0.15, 0.2) is 0 Å². The molecule has 0 aliphatic rings. The molecule has 0 radical (unpaired) electrons. The minimum absolute atomic E-state index is 0.00533. The van der Waals surface area contributed by atoms with Gasteiger partial charge in [-0.2, -0.15) is 0 Å². The maximum absolute atomic E-state index is 5.23. The number of hydrogen-bond acceptors (Lipinski definition) is 2. The Morgan fingerprint density at radius 2 is 1.12 bits per heavy atom. The molecular weight excluding hydrogens is 296 g/mol. The molecule has 0 unspecified atom stereocenters. The van der Waals surface area contributed by atoms with E-state index in [1.54, 1.807) is 14.2 Å². The molecule has 2 aromatic carbocycles. The number of rotatable bonds is 8. The minimum atomic E-state index is 0.00533. The Morgan fingerprint density at radius 1 is 0.750 bits per heavy atom. The summed E-state index contributed by atoms with van der Waals surface area (Å²) in [5, 5.41) is 0. The molecule has 2 nitrogen and oxygen atoms in total. The van der Waals surface area contributed by atoms with Crippen molar-refractivity contribution >= 4 is 0 Å². The first-order valence-corrected chi connectivity index (χ1v) is 8.66. The molecular formula is C22H30O2. The summed E-state index contributed by atoms with van der Waals surface area (Å²) < 4.78 is 10.5. The van der Waals surface area contributed by atoms with E-state index in [0.717, 1.165) is 6.42 Å². The van der Waals surface area contributed by atoms with E-state index in [0.29, 0.717) is 19.1 Å². The summed E-state index contributed by atoms with van der Waals surface area (Å²) in [4.78, 5) is 0. The number of methoxy groups -OCH3 is 2. The molecule has 0 heterocycles. The van der Waals surface area contributed by atoms with Gasteiger partial charge in [0.05, 0.1) is 13.2 Å². The van der Waals surface area contributed by atoms with Gasteiger partial charge < -0.3 is 9.47 Å². The van der Waals surface area contributed by atoms with Gasteiger partial charge in [0.25, 0.3) is 0 Å². The molecule has 0 N–H and O–H groups in total. The lowest BCUT2D eigenvalue weighted by atomic mass is 9.71. The summed E-state index contributed by atoms with van der Waals surface area (Å²) in [5.74, 6) is 0.618. The summed E-state index contributed by atoms with van der Waals surface area (Å²) >= 11 is 0. The van der Waals surface area contributed by atoms with E-state index in [9.17, 15) is 0 Å². The Labute approximate surface area is 146 Å². The van der Waals surface area contributed by atoms with Crippen LogP contribution in [0, 0.1) is 5.92 Å². The maximum Gasteiger partial charge on any atom is 0.0713 e. The second kappa shape index (κ2) is 8.46. The molecule has 130 valence electrons. The summed E-state index contributed by atoms with van der Waals surface area (Å²) in [7, 11) is 3.47. The molecule has 0 saturated carbocycles. The van der Waals surface area contributed by atoms with Crippen LogP contribution in [0.3, 0.4) is 0 Å². The van der Waals surface area contributed by atoms with E-state index in [1.807, 2.05) is 0 Å². The van der Waals surface area contributed by atoms with Crippen LogP contribution in [0.1, 0.15) is 49.4 Å². The van der Waals surface area contributed by atoms with Crippen LogP contribution in [-0.4, -0.2) is 14.2 Å². The van der Waals surface area contributed by atoms with Crippen molar-refractivity contribution in [2.45, 2.75) is 45.8 Å². The fraction of sp³-hybridized carbons (Fsp3) is 0.455. The van der Waals surface area contributed by atoms with Crippen molar-refractivity contribution in [1.29, 1.82) is 0 Å². The molecule has 0 bridgehead atoms. The fourth-order valence-corrected chi connectivity index (χ4v) is 3.49. The van der Waals surface area contributed by atoms with Crippen molar-refractivity contribution in [3.8, 4) is 0 Å². The Balaban J connectivity index is 2.37. The van der Waals surface area contributed by atoms with Gasteiger partial charge in [-0.05, 0) is 34.6 Å². The molecule has 0 atom stereocenters. The Bertz CT molecular complexity index is 562. The van der Waals surface area contributed by atoms with Crippen molar-refractivity contribution in [3.63, 3.8) is 0 Å². The van der Waals surface area contributed by atoms with Crippen LogP contribution >= 0.6 is 0 Å². The predicted molar refractivity (Wildman–Crippen MR) is 100 cm³/mol. The zero-order valence-corrected chi connectivity index (χ0v) is 15.6. The molecule has 0 aliphatic heterocycles. The summed E-state index contributed by atoms with van der Waals surface area (Å²) in [6, 6.07) is 17.7. The van der Waals surface area contributed by atoms with Crippen molar-refractivity contribution in [1.82, 2.24) is 0 Å². The van der Waals surface area contributed by atoms with Gasteiger partial charge in [0, 0.05) is 19.6 Å². The standard InChI is InChI=1S/C22H30O2/c1-17(2)14-22(3,20-10-6-18(7-11-20)15-23-4)21-12-8-19(9-13-21)16-24-5/h6-13,17H,14-16H2,1-5H3. The highest BCUT2D eigenvalue weighted by atomic mass is 16.5. The lowest BCUT2D eigenvalue weighted by Crippen LogP contribution is -2.26. The van der Waals surface area contributed by atoms with Gasteiger partial charge in [-0.15, -0.1) is 0 Å². The smallest absolute Gasteiger partial charge is 0.0713 e. The van der Waals surface area contributed by atoms with Crippen LogP contribution in [0.4, 0.5) is 0 Å². The molecule has 0 spiro atoms. The average Bonchev–Trinajstić information content (AvgIpc) is 2.56. The first-order chi connectivity index (χ1) is 11.5. The number of benzene rings is 2. The van der Waals surface area contributed by atoms with Crippen molar-refractivity contribution in [2.75, 3.05) is 14.2 Å². The zero-order valence-electron chi connectivity index (χ0n) is 15.6. The molecule has 0 amide bonds. The van der Waals surface area contributed by atoms with Crippen molar-refractivity contribution in [3.05, 3.63) is 70.8 Å². The Kier molecular flexibility index (Phi) is 6.59. The van der Waals surface area contributed by atoms with Crippen LogP contribution in [0.5, 0.6) is 0 Å². The normalized spacial score (nSPS) is 11.9. The molecule has 24 heavy (non-hydrogen) atoms. The van der Waals surface area contributed by atoms with Gasteiger partial charge in [-0.1, -0.05) is 69.3 Å². The monoisotopic (exact) mass is 326 g/mol. The van der Waals surface area contributed by atoms with E-state index in [1.165, 1.54) is 22.3 Å². The third-order valence-corrected chi connectivity index (χ3v) is 4.62. The van der Waals surface area contributed by atoms with E-state index >= 15 is 0 Å². The van der Waals surface area contributed by atoms with Gasteiger partial charge in [-0.3, -0.25) is 0 Å². The van der Waals surface area contributed by atoms with Crippen molar-refractivity contribution < 1.29 is 9.47 Å². The SMILES string of the molecule is COCc1ccc(C(C)(CC(C)C)c2ccc(COC)cc2)cc1. The van der Waals surface area contributed by atoms with E-state index in [2.05, 4.69) is 69.3 Å². The van der Waals surface area contributed by atoms with E-state index in [4.69, 9.17) is 9.47 Å². The van der Waals surface area contributed by atoms with Crippen LogP contribution < -0.4 is 0 Å². The largest absolute Gasteiger partial charge is 0.380 e. The van der Waals surface area contributed by atoms with Crippen LogP contribution in [0.15, 0.2) is 48.5 Å². The predicted octanol–water partition coefficient (Wildman–Crippen LogP) is 5.33. The zero-order chi connectivity index (χ0) is 17.6. The second-order valence-corrected chi connectivity index (χ2v) is 7.19. The quantitative estimate of drug-likeness (QED) is 0.652. The van der Waals surface area contributed by atoms with Gasteiger partial charge in [0.2, 0.25) is 0 Å². The molecule has 2 rings (SSSR count). The van der Waals surface area contributed by atoms with Gasteiger partial charge in [0.1, 0.15) is 0 Å². The number of ether oxygens (including phenoxy) is 2. The Hall–Kier alpha value is -1.64. The van der Waals surface area contributed by atoms with Gasteiger partial charge in [-0.25, -0.2) is 0 Å². The second-order valence-electron chi connectivity index (χ2n) is 7.19. The third-order valence-electron chi connectivity index (χ3n) is 4.62. The lowest BCUT2D eigenvalue weighted by molar-refractivity contribution is 0.185. The highest BCUT2D eigenvalue weighted by Gasteiger charge is 2.29. The minimum Gasteiger partial charge on any atom is -0.380 e. The molecule has 0 saturated heterocycles. The van der Waals surface area contributed by atoms with Crippen LogP contribution in [-0.2, 0) is 28.1 Å². The van der Waals surface area contributed by atoms with Crippen LogP contribution in [0.25, 0.3) is 0 Å². The Morgan fingerprint density at radius 3 is 1.42 bits per heavy atom. The molecule has 0 fully saturated rings. The van der Waals surface area contributed by atoms with Gasteiger partial charge >= 0.3 is 0 Å². The molecule has 2 aromatic rings. The van der Waals surface area contributed by atoms with E-state index < -0.39 is 0 Å². The summed E-state index contributed by atoms with van der Waals surface area (Å²) in [6.07, 6.45) is 1.11. The maximum atomic E-state index is 5.23. The molecule has 0 aromatic heterocycles. The first kappa shape index (κ1) is 18.7. The van der Waals surface area contributed by atoms with Crippen molar-refractivity contribution in [2.24, 2.45) is 5.92 Å². The summed E-state index contributed by atoms with van der Waals surface area (Å²) in [5.41, 5.74) is 5.14. The molecule has 2 heteroatoms. The fourth-order valence-electron chi connectivity index (χ4n) is 3.49. The average molecular weight is 326 g/mol. The number of hydrogen-bond donors (Lipinski definition) is 0. The highest BCUT2D eigenvalue weighted by Crippen LogP contribution is 2.38. The van der Waals surface area contributed by atoms with E-state index in [-0.39, 0.29) is 5.41 Å². The highest BCUT2D eigenvalue weighted by molar-refractivity contribution is 5.40.